The minimum absolute atomic E-state index is 0.161. The van der Waals surface area contributed by atoms with Crippen molar-refractivity contribution in [3.8, 4) is 0 Å². The normalized spacial score (nSPS) is 10.7. The molecule has 0 unspecified atom stereocenters. The SMILES string of the molecule is Cc1c(Cl)nc(Cc2cc(F)cc(F)c2)nc1Cl. The minimum Gasteiger partial charge on any atom is -0.220 e. The Balaban J connectivity index is 2.34. The molecule has 0 N–H and O–H groups in total. The molecule has 0 aliphatic heterocycles. The van der Waals surface area contributed by atoms with Crippen LogP contribution < -0.4 is 0 Å². The van der Waals surface area contributed by atoms with Gasteiger partial charge in [0.05, 0.1) is 0 Å². The standard InChI is InChI=1S/C12H8Cl2F2N2/c1-6-11(13)17-10(18-12(6)14)4-7-2-8(15)5-9(16)3-7/h2-3,5H,4H2,1H3. The highest BCUT2D eigenvalue weighted by Gasteiger charge is 2.09. The first-order chi connectivity index (χ1) is 8.45. The molecule has 6 heteroatoms. The molecule has 0 atom stereocenters. The smallest absolute Gasteiger partial charge is 0.137 e. The van der Waals surface area contributed by atoms with Crippen LogP contribution >= 0.6 is 23.2 Å². The van der Waals surface area contributed by atoms with Crippen LogP contribution in [-0.4, -0.2) is 9.97 Å². The van der Waals surface area contributed by atoms with Gasteiger partial charge in [-0.1, -0.05) is 23.2 Å². The van der Waals surface area contributed by atoms with Gasteiger partial charge in [0.1, 0.15) is 27.8 Å². The van der Waals surface area contributed by atoms with Gasteiger partial charge in [-0.3, -0.25) is 0 Å². The Kier molecular flexibility index (Phi) is 3.78. The van der Waals surface area contributed by atoms with Gasteiger partial charge in [-0.25, -0.2) is 18.7 Å². The number of hydrogen-bond donors (Lipinski definition) is 0. The highest BCUT2D eigenvalue weighted by atomic mass is 35.5. The zero-order chi connectivity index (χ0) is 13.3. The van der Waals surface area contributed by atoms with E-state index in [1.807, 2.05) is 0 Å². The molecule has 18 heavy (non-hydrogen) atoms. The van der Waals surface area contributed by atoms with Gasteiger partial charge in [0, 0.05) is 18.1 Å². The van der Waals surface area contributed by atoms with Crippen molar-refractivity contribution in [3.63, 3.8) is 0 Å². The molecule has 0 aliphatic carbocycles. The number of aromatic nitrogens is 2. The molecule has 0 saturated heterocycles. The Labute approximate surface area is 113 Å². The summed E-state index contributed by atoms with van der Waals surface area (Å²) in [5, 5.41) is 0.476. The van der Waals surface area contributed by atoms with E-state index in [0.29, 0.717) is 17.0 Å². The number of nitrogens with zero attached hydrogens (tertiary/aromatic N) is 2. The number of halogens is 4. The molecule has 0 saturated carbocycles. The number of rotatable bonds is 2. The van der Waals surface area contributed by atoms with Crippen LogP contribution in [0.1, 0.15) is 17.0 Å². The Hall–Kier alpha value is -1.26. The summed E-state index contributed by atoms with van der Waals surface area (Å²) in [6.07, 6.45) is 0.161. The minimum atomic E-state index is -0.644. The first-order valence-corrected chi connectivity index (χ1v) is 5.85. The van der Waals surface area contributed by atoms with Crippen molar-refractivity contribution in [1.29, 1.82) is 0 Å². The molecule has 0 spiro atoms. The molecule has 0 amide bonds. The van der Waals surface area contributed by atoms with Crippen molar-refractivity contribution in [3.05, 3.63) is 57.1 Å². The fraction of sp³-hybridized carbons (Fsp3) is 0.167. The third-order valence-electron chi connectivity index (χ3n) is 2.36. The Morgan fingerprint density at radius 3 is 2.00 bits per heavy atom. The van der Waals surface area contributed by atoms with Gasteiger partial charge in [-0.2, -0.15) is 0 Å². The fourth-order valence-corrected chi connectivity index (χ4v) is 1.90. The second-order valence-electron chi connectivity index (χ2n) is 3.80. The lowest BCUT2D eigenvalue weighted by Gasteiger charge is -2.05. The molecule has 1 aromatic heterocycles. The summed E-state index contributed by atoms with van der Waals surface area (Å²) in [5.74, 6) is -0.968. The van der Waals surface area contributed by atoms with E-state index < -0.39 is 11.6 Å². The summed E-state index contributed by atoms with van der Waals surface area (Å²) in [7, 11) is 0. The molecule has 0 aliphatic rings. The van der Waals surface area contributed by atoms with Crippen LogP contribution in [0.15, 0.2) is 18.2 Å². The van der Waals surface area contributed by atoms with E-state index in [2.05, 4.69) is 9.97 Å². The van der Waals surface area contributed by atoms with Crippen LogP contribution in [-0.2, 0) is 6.42 Å². The maximum absolute atomic E-state index is 13.0. The monoisotopic (exact) mass is 288 g/mol. The van der Waals surface area contributed by atoms with E-state index in [-0.39, 0.29) is 16.7 Å². The Morgan fingerprint density at radius 1 is 1.00 bits per heavy atom. The summed E-state index contributed by atoms with van der Waals surface area (Å²) < 4.78 is 26.0. The summed E-state index contributed by atoms with van der Waals surface area (Å²) in [6, 6.07) is 3.24. The summed E-state index contributed by atoms with van der Waals surface area (Å²) in [5.41, 5.74) is 0.996. The molecule has 2 aromatic rings. The second-order valence-corrected chi connectivity index (χ2v) is 4.52. The predicted molar refractivity (Wildman–Crippen MR) is 66.0 cm³/mol. The van der Waals surface area contributed by atoms with Crippen LogP contribution in [0.4, 0.5) is 8.78 Å². The fourth-order valence-electron chi connectivity index (χ4n) is 1.48. The zero-order valence-corrected chi connectivity index (χ0v) is 10.9. The van der Waals surface area contributed by atoms with E-state index in [1.54, 1.807) is 6.92 Å². The van der Waals surface area contributed by atoms with Gasteiger partial charge >= 0.3 is 0 Å². The lowest BCUT2D eigenvalue weighted by atomic mass is 10.1. The molecule has 1 aromatic carbocycles. The van der Waals surface area contributed by atoms with Gasteiger partial charge < -0.3 is 0 Å². The van der Waals surface area contributed by atoms with Crippen molar-refractivity contribution in [2.75, 3.05) is 0 Å². The van der Waals surface area contributed by atoms with Gasteiger partial charge in [0.2, 0.25) is 0 Å². The third kappa shape index (κ3) is 2.94. The molecule has 0 bridgehead atoms. The first kappa shape index (κ1) is 13.2. The van der Waals surface area contributed by atoms with Crippen LogP contribution in [0.3, 0.4) is 0 Å². The largest absolute Gasteiger partial charge is 0.220 e. The van der Waals surface area contributed by atoms with E-state index >= 15 is 0 Å². The zero-order valence-electron chi connectivity index (χ0n) is 9.35. The molecule has 94 valence electrons. The van der Waals surface area contributed by atoms with Crippen LogP contribution in [0.2, 0.25) is 10.3 Å². The van der Waals surface area contributed by atoms with E-state index in [1.165, 1.54) is 12.1 Å². The third-order valence-corrected chi connectivity index (χ3v) is 3.09. The van der Waals surface area contributed by atoms with Crippen LogP contribution in [0.5, 0.6) is 0 Å². The molecule has 0 fully saturated rings. The average Bonchev–Trinajstić information content (AvgIpc) is 2.24. The van der Waals surface area contributed by atoms with Gasteiger partial charge in [-0.05, 0) is 24.6 Å². The molecule has 1 heterocycles. The molecular formula is C12H8Cl2F2N2. The topological polar surface area (TPSA) is 25.8 Å². The molecule has 2 rings (SSSR count). The van der Waals surface area contributed by atoms with Crippen molar-refractivity contribution in [1.82, 2.24) is 9.97 Å². The van der Waals surface area contributed by atoms with Gasteiger partial charge in [0.15, 0.2) is 0 Å². The van der Waals surface area contributed by atoms with Crippen molar-refractivity contribution in [2.24, 2.45) is 0 Å². The number of benzene rings is 1. The molecule has 2 nitrogen and oxygen atoms in total. The van der Waals surface area contributed by atoms with Crippen LogP contribution in [0, 0.1) is 18.6 Å². The van der Waals surface area contributed by atoms with Gasteiger partial charge in [-0.15, -0.1) is 0 Å². The summed E-state index contributed by atoms with van der Waals surface area (Å²) in [6.45, 7) is 1.69. The molecular weight excluding hydrogens is 281 g/mol. The highest BCUT2D eigenvalue weighted by molar-refractivity contribution is 6.34. The Morgan fingerprint density at radius 2 is 1.50 bits per heavy atom. The van der Waals surface area contributed by atoms with E-state index in [0.717, 1.165) is 6.07 Å². The highest BCUT2D eigenvalue weighted by Crippen LogP contribution is 2.21. The van der Waals surface area contributed by atoms with Crippen molar-refractivity contribution >= 4 is 23.2 Å². The maximum atomic E-state index is 13.0. The van der Waals surface area contributed by atoms with E-state index in [9.17, 15) is 8.78 Å². The average molecular weight is 289 g/mol. The van der Waals surface area contributed by atoms with Crippen LogP contribution in [0.25, 0.3) is 0 Å². The lowest BCUT2D eigenvalue weighted by molar-refractivity contribution is 0.580. The number of hydrogen-bond acceptors (Lipinski definition) is 2. The predicted octanol–water partition coefficient (Wildman–Crippen LogP) is 3.96. The van der Waals surface area contributed by atoms with E-state index in [4.69, 9.17) is 23.2 Å². The lowest BCUT2D eigenvalue weighted by Crippen LogP contribution is -2.00. The van der Waals surface area contributed by atoms with Crippen molar-refractivity contribution in [2.45, 2.75) is 13.3 Å². The Bertz CT molecular complexity index is 559. The van der Waals surface area contributed by atoms with Crippen molar-refractivity contribution < 1.29 is 8.78 Å². The first-order valence-electron chi connectivity index (χ1n) is 5.09. The van der Waals surface area contributed by atoms with Gasteiger partial charge in [0.25, 0.3) is 0 Å². The molecule has 0 radical (unpaired) electrons. The quantitative estimate of drug-likeness (QED) is 0.782. The summed E-state index contributed by atoms with van der Waals surface area (Å²) >= 11 is 11.7. The maximum Gasteiger partial charge on any atom is 0.137 e. The second kappa shape index (κ2) is 5.16. The summed E-state index contributed by atoms with van der Waals surface area (Å²) in [4.78, 5) is 8.03.